The first-order valence-corrected chi connectivity index (χ1v) is 11.0. The van der Waals surface area contributed by atoms with E-state index in [1.807, 2.05) is 11.8 Å². The molecule has 2 aromatic rings. The maximum atomic E-state index is 13.2. The van der Waals surface area contributed by atoms with Gasteiger partial charge in [0.1, 0.15) is 11.6 Å². The van der Waals surface area contributed by atoms with E-state index in [1.165, 1.54) is 19.1 Å². The second kappa shape index (κ2) is 10.8. The molecule has 1 aliphatic rings. The third-order valence-electron chi connectivity index (χ3n) is 5.64. The predicted octanol–water partition coefficient (Wildman–Crippen LogP) is 3.62. The number of halogens is 2. The second-order valence-electron chi connectivity index (χ2n) is 8.25. The molecule has 1 saturated heterocycles. The number of nitrogens with zero attached hydrogens (tertiary/aromatic N) is 2. The van der Waals surface area contributed by atoms with Gasteiger partial charge in [-0.15, -0.1) is 0 Å². The molecule has 0 radical (unpaired) electrons. The van der Waals surface area contributed by atoms with Crippen LogP contribution in [0.15, 0.2) is 42.5 Å². The average Bonchev–Trinajstić information content (AvgIpc) is 2.75. The lowest BCUT2D eigenvalue weighted by atomic mass is 10.1. The number of carbonyl (C=O) groups excluding carboxylic acids is 2. The highest BCUT2D eigenvalue weighted by molar-refractivity contribution is 6.30. The maximum Gasteiger partial charge on any atom is 0.260 e. The number of nitrogens with one attached hydrogen (secondary N) is 1. The lowest BCUT2D eigenvalue weighted by Crippen LogP contribution is -2.58. The van der Waals surface area contributed by atoms with Gasteiger partial charge in [-0.3, -0.25) is 14.5 Å². The lowest BCUT2D eigenvalue weighted by Gasteiger charge is -2.44. The molecule has 1 fully saturated rings. The SMILES string of the molecule is CC(=O)NCc1cc(Cl)ccc1OCC(=O)N1CC(C)N(Cc2ccc(F)cc2)CC1C. The van der Waals surface area contributed by atoms with Gasteiger partial charge in [-0.2, -0.15) is 0 Å². The quantitative estimate of drug-likeness (QED) is 0.684. The third kappa shape index (κ3) is 6.43. The van der Waals surface area contributed by atoms with Crippen LogP contribution < -0.4 is 10.1 Å². The molecule has 172 valence electrons. The number of hydrogen-bond acceptors (Lipinski definition) is 4. The predicted molar refractivity (Wildman–Crippen MR) is 122 cm³/mol. The van der Waals surface area contributed by atoms with Crippen LogP contribution in [0.5, 0.6) is 5.75 Å². The Morgan fingerprint density at radius 1 is 1.12 bits per heavy atom. The Hall–Kier alpha value is -2.64. The minimum atomic E-state index is -0.244. The number of ether oxygens (including phenoxy) is 1. The van der Waals surface area contributed by atoms with Gasteiger partial charge < -0.3 is 15.0 Å². The molecule has 0 aliphatic carbocycles. The summed E-state index contributed by atoms with van der Waals surface area (Å²) in [4.78, 5) is 28.3. The molecule has 1 aliphatic heterocycles. The molecule has 6 nitrogen and oxygen atoms in total. The van der Waals surface area contributed by atoms with Crippen molar-refractivity contribution < 1.29 is 18.7 Å². The Balaban J connectivity index is 1.58. The van der Waals surface area contributed by atoms with Crippen molar-refractivity contribution in [3.05, 3.63) is 64.4 Å². The Kier molecular flexibility index (Phi) is 8.10. The fourth-order valence-electron chi connectivity index (χ4n) is 3.86. The van der Waals surface area contributed by atoms with Crippen molar-refractivity contribution in [2.24, 2.45) is 0 Å². The molecule has 2 amide bonds. The normalized spacial score (nSPS) is 19.0. The standard InChI is InChI=1S/C24H29ClFN3O3/c1-16-13-29(17(2)12-28(16)14-19-4-7-22(26)8-5-19)24(31)15-32-23-9-6-21(25)10-20(23)11-27-18(3)30/h4-10,16-17H,11-15H2,1-3H3,(H,27,30). The van der Waals surface area contributed by atoms with Gasteiger partial charge in [-0.25, -0.2) is 4.39 Å². The number of benzene rings is 2. The van der Waals surface area contributed by atoms with Crippen LogP contribution in [0.1, 0.15) is 31.9 Å². The summed E-state index contributed by atoms with van der Waals surface area (Å²) in [5.41, 5.74) is 1.76. The van der Waals surface area contributed by atoms with Crippen molar-refractivity contribution >= 4 is 23.4 Å². The second-order valence-corrected chi connectivity index (χ2v) is 8.69. The van der Waals surface area contributed by atoms with E-state index < -0.39 is 0 Å². The van der Waals surface area contributed by atoms with E-state index in [1.54, 1.807) is 30.3 Å². The Morgan fingerprint density at radius 3 is 2.53 bits per heavy atom. The molecule has 2 aromatic carbocycles. The topological polar surface area (TPSA) is 61.9 Å². The molecule has 8 heteroatoms. The summed E-state index contributed by atoms with van der Waals surface area (Å²) in [6.45, 7) is 7.74. The highest BCUT2D eigenvalue weighted by Gasteiger charge is 2.32. The molecule has 3 rings (SSSR count). The van der Waals surface area contributed by atoms with Crippen LogP contribution in [-0.4, -0.2) is 53.4 Å². The monoisotopic (exact) mass is 461 g/mol. The van der Waals surface area contributed by atoms with Gasteiger partial charge in [0.15, 0.2) is 6.61 Å². The van der Waals surface area contributed by atoms with Crippen LogP contribution in [0.25, 0.3) is 0 Å². The molecule has 0 aromatic heterocycles. The molecular formula is C24H29ClFN3O3. The van der Waals surface area contributed by atoms with Gasteiger partial charge in [-0.1, -0.05) is 23.7 Å². The number of amides is 2. The van der Waals surface area contributed by atoms with Gasteiger partial charge in [0.05, 0.1) is 0 Å². The minimum absolute atomic E-state index is 0.0202. The van der Waals surface area contributed by atoms with Gasteiger partial charge >= 0.3 is 0 Å². The molecule has 0 bridgehead atoms. The average molecular weight is 462 g/mol. The zero-order chi connectivity index (χ0) is 23.3. The number of hydrogen-bond donors (Lipinski definition) is 1. The summed E-state index contributed by atoms with van der Waals surface area (Å²) < 4.78 is 19.0. The summed E-state index contributed by atoms with van der Waals surface area (Å²) in [5.74, 6) is 0.0261. The van der Waals surface area contributed by atoms with Gasteiger partial charge in [0.2, 0.25) is 5.91 Å². The molecule has 0 spiro atoms. The van der Waals surface area contributed by atoms with Crippen LogP contribution in [0.2, 0.25) is 5.02 Å². The van der Waals surface area contributed by atoms with E-state index in [0.29, 0.717) is 29.4 Å². The summed E-state index contributed by atoms with van der Waals surface area (Å²) in [5, 5.41) is 3.25. The van der Waals surface area contributed by atoms with E-state index >= 15 is 0 Å². The third-order valence-corrected chi connectivity index (χ3v) is 5.87. The highest BCUT2D eigenvalue weighted by Crippen LogP contribution is 2.24. The summed E-state index contributed by atoms with van der Waals surface area (Å²) >= 11 is 6.06. The Labute approximate surface area is 193 Å². The van der Waals surface area contributed by atoms with Crippen molar-refractivity contribution in [1.82, 2.24) is 15.1 Å². The van der Waals surface area contributed by atoms with Gasteiger partial charge in [0, 0.05) is 55.8 Å². The fourth-order valence-corrected chi connectivity index (χ4v) is 4.05. The zero-order valence-electron chi connectivity index (χ0n) is 18.6. The number of piperazine rings is 1. The van der Waals surface area contributed by atoms with Crippen molar-refractivity contribution in [1.29, 1.82) is 0 Å². The number of carbonyl (C=O) groups is 2. The summed E-state index contributed by atoms with van der Waals surface area (Å²) in [7, 11) is 0. The smallest absolute Gasteiger partial charge is 0.260 e. The highest BCUT2D eigenvalue weighted by atomic mass is 35.5. The van der Waals surface area contributed by atoms with E-state index in [0.717, 1.165) is 12.1 Å². The zero-order valence-corrected chi connectivity index (χ0v) is 19.4. The van der Waals surface area contributed by atoms with Crippen LogP contribution in [0, 0.1) is 5.82 Å². The van der Waals surface area contributed by atoms with Crippen LogP contribution in [0.4, 0.5) is 4.39 Å². The molecular weight excluding hydrogens is 433 g/mol. The van der Waals surface area contributed by atoms with Crippen LogP contribution in [-0.2, 0) is 22.7 Å². The first kappa shape index (κ1) is 24.0. The van der Waals surface area contributed by atoms with Crippen molar-refractivity contribution in [3.63, 3.8) is 0 Å². The number of rotatable bonds is 7. The summed E-state index contributed by atoms with van der Waals surface area (Å²) in [6.07, 6.45) is 0. The first-order valence-electron chi connectivity index (χ1n) is 10.7. The molecule has 2 atom stereocenters. The van der Waals surface area contributed by atoms with Gasteiger partial charge in [-0.05, 0) is 49.7 Å². The molecule has 1 heterocycles. The Morgan fingerprint density at radius 2 is 1.84 bits per heavy atom. The van der Waals surface area contributed by atoms with Crippen LogP contribution >= 0.6 is 11.6 Å². The Bertz CT molecular complexity index is 954. The first-order chi connectivity index (χ1) is 15.2. The van der Waals surface area contributed by atoms with Crippen molar-refractivity contribution in [3.8, 4) is 5.75 Å². The van der Waals surface area contributed by atoms with Gasteiger partial charge in [0.25, 0.3) is 5.91 Å². The van der Waals surface area contributed by atoms with E-state index in [9.17, 15) is 14.0 Å². The van der Waals surface area contributed by atoms with E-state index in [2.05, 4.69) is 17.1 Å². The lowest BCUT2D eigenvalue weighted by molar-refractivity contribution is -0.139. The molecule has 2 unspecified atom stereocenters. The van der Waals surface area contributed by atoms with Crippen molar-refractivity contribution in [2.75, 3.05) is 19.7 Å². The maximum absolute atomic E-state index is 13.2. The largest absolute Gasteiger partial charge is 0.483 e. The molecule has 1 N–H and O–H groups in total. The molecule has 32 heavy (non-hydrogen) atoms. The summed E-state index contributed by atoms with van der Waals surface area (Å²) in [6, 6.07) is 11.8. The van der Waals surface area contributed by atoms with E-state index in [4.69, 9.17) is 16.3 Å². The van der Waals surface area contributed by atoms with Crippen molar-refractivity contribution in [2.45, 2.75) is 45.9 Å². The minimum Gasteiger partial charge on any atom is -0.483 e. The van der Waals surface area contributed by atoms with Crippen LogP contribution in [0.3, 0.4) is 0 Å². The fraction of sp³-hybridized carbons (Fsp3) is 0.417. The molecule has 0 saturated carbocycles. The van der Waals surface area contributed by atoms with E-state index in [-0.39, 0.29) is 42.9 Å².